The quantitative estimate of drug-likeness (QED) is 0.696. The van der Waals surface area contributed by atoms with Crippen LogP contribution in [0, 0.1) is 17.3 Å². The molecule has 1 aromatic rings. The molecule has 1 aromatic carbocycles. The van der Waals surface area contributed by atoms with Gasteiger partial charge in [-0.3, -0.25) is 4.79 Å². The number of aromatic hydroxyl groups is 1. The standard InChI is InChI=1S/C22H28O3/c1-21-11-8-17-16-7-5-15(23)13-14(16)4-6-18(17)19(21)9-12-22(21)10-2-3-20(24)25-22/h5,7,13,17-19,23H,2-4,6,8-12H2,1H3. The minimum absolute atomic E-state index is 0.0275. The summed E-state index contributed by atoms with van der Waals surface area (Å²) in [6, 6.07) is 5.99. The summed E-state index contributed by atoms with van der Waals surface area (Å²) in [5.74, 6) is 2.42. The Kier molecular flexibility index (Phi) is 3.30. The molecule has 3 heteroatoms. The van der Waals surface area contributed by atoms with Gasteiger partial charge in [0.25, 0.3) is 0 Å². The highest BCUT2D eigenvalue weighted by atomic mass is 16.6. The number of aryl methyl sites for hydroxylation is 1. The fraction of sp³-hybridized carbons (Fsp3) is 0.682. The maximum atomic E-state index is 12.1. The van der Waals surface area contributed by atoms with Crippen molar-refractivity contribution in [1.29, 1.82) is 0 Å². The van der Waals surface area contributed by atoms with E-state index in [0.717, 1.165) is 32.1 Å². The van der Waals surface area contributed by atoms with Crippen LogP contribution in [0.4, 0.5) is 0 Å². The van der Waals surface area contributed by atoms with Crippen molar-refractivity contribution in [1.82, 2.24) is 0 Å². The number of phenolic OH excluding ortho intramolecular Hbond substituents is 1. The lowest BCUT2D eigenvalue weighted by atomic mass is 9.52. The van der Waals surface area contributed by atoms with Crippen LogP contribution < -0.4 is 0 Å². The van der Waals surface area contributed by atoms with Crippen molar-refractivity contribution in [2.45, 2.75) is 76.2 Å². The van der Waals surface area contributed by atoms with E-state index in [0.29, 0.717) is 29.9 Å². The zero-order chi connectivity index (χ0) is 17.2. The van der Waals surface area contributed by atoms with E-state index in [9.17, 15) is 9.90 Å². The molecule has 1 saturated heterocycles. The minimum Gasteiger partial charge on any atom is -0.508 e. The molecule has 1 N–H and O–H groups in total. The Hall–Kier alpha value is -1.51. The highest BCUT2D eigenvalue weighted by Crippen LogP contribution is 2.66. The molecule has 134 valence electrons. The number of esters is 1. The molecule has 4 aliphatic rings. The van der Waals surface area contributed by atoms with Crippen LogP contribution in [-0.2, 0) is 16.0 Å². The van der Waals surface area contributed by atoms with E-state index < -0.39 is 0 Å². The van der Waals surface area contributed by atoms with E-state index in [1.54, 1.807) is 0 Å². The van der Waals surface area contributed by atoms with Crippen LogP contribution in [-0.4, -0.2) is 16.7 Å². The van der Waals surface area contributed by atoms with Gasteiger partial charge in [0.15, 0.2) is 0 Å². The van der Waals surface area contributed by atoms with E-state index in [-0.39, 0.29) is 17.0 Å². The van der Waals surface area contributed by atoms with Gasteiger partial charge in [0.05, 0.1) is 0 Å². The second-order valence-electron chi connectivity index (χ2n) is 9.12. The topological polar surface area (TPSA) is 46.5 Å². The first-order chi connectivity index (χ1) is 12.0. The van der Waals surface area contributed by atoms with Crippen molar-refractivity contribution in [3.8, 4) is 5.75 Å². The normalized spacial score (nSPS) is 42.4. The Morgan fingerprint density at radius 3 is 2.84 bits per heavy atom. The van der Waals surface area contributed by atoms with E-state index >= 15 is 0 Å². The van der Waals surface area contributed by atoms with E-state index in [1.807, 2.05) is 12.1 Å². The van der Waals surface area contributed by atoms with Crippen molar-refractivity contribution in [2.24, 2.45) is 17.3 Å². The van der Waals surface area contributed by atoms with Crippen LogP contribution in [0.2, 0.25) is 0 Å². The Labute approximate surface area is 149 Å². The molecule has 3 aliphatic carbocycles. The molecule has 2 saturated carbocycles. The predicted octanol–water partition coefficient (Wildman–Crippen LogP) is 4.71. The molecule has 3 fully saturated rings. The van der Waals surface area contributed by atoms with E-state index in [4.69, 9.17) is 4.74 Å². The molecule has 0 amide bonds. The Morgan fingerprint density at radius 2 is 2.00 bits per heavy atom. The molecule has 0 aromatic heterocycles. The molecule has 0 bridgehead atoms. The summed E-state index contributed by atoms with van der Waals surface area (Å²) in [5, 5.41) is 9.82. The zero-order valence-corrected chi connectivity index (χ0v) is 15.1. The summed E-state index contributed by atoms with van der Waals surface area (Å²) in [6.07, 6.45) is 9.57. The third kappa shape index (κ3) is 2.07. The molecule has 25 heavy (non-hydrogen) atoms. The van der Waals surface area contributed by atoms with Gasteiger partial charge in [0.2, 0.25) is 0 Å². The van der Waals surface area contributed by atoms with Crippen LogP contribution in [0.15, 0.2) is 18.2 Å². The Balaban J connectivity index is 1.49. The average molecular weight is 340 g/mol. The van der Waals surface area contributed by atoms with Crippen LogP contribution in [0.25, 0.3) is 0 Å². The number of fused-ring (bicyclic) bond motifs is 6. The highest BCUT2D eigenvalue weighted by molar-refractivity contribution is 5.71. The van der Waals surface area contributed by atoms with Gasteiger partial charge in [-0.2, -0.15) is 0 Å². The fourth-order valence-electron chi connectivity index (χ4n) is 7.08. The second-order valence-corrected chi connectivity index (χ2v) is 9.12. The van der Waals surface area contributed by atoms with Crippen molar-refractivity contribution in [3.05, 3.63) is 29.3 Å². The number of phenols is 1. The third-order valence-corrected chi connectivity index (χ3v) is 8.27. The summed E-state index contributed by atoms with van der Waals surface area (Å²) >= 11 is 0. The molecular weight excluding hydrogens is 312 g/mol. The number of carbonyl (C=O) groups excluding carboxylic acids is 1. The smallest absolute Gasteiger partial charge is 0.306 e. The number of hydrogen-bond acceptors (Lipinski definition) is 3. The molecule has 5 atom stereocenters. The highest BCUT2D eigenvalue weighted by Gasteiger charge is 2.64. The van der Waals surface area contributed by atoms with Crippen LogP contribution in [0.5, 0.6) is 5.75 Å². The first-order valence-electron chi connectivity index (χ1n) is 10.1. The van der Waals surface area contributed by atoms with Gasteiger partial charge < -0.3 is 9.84 Å². The van der Waals surface area contributed by atoms with Crippen LogP contribution >= 0.6 is 0 Å². The molecule has 1 spiro atoms. The van der Waals surface area contributed by atoms with Crippen LogP contribution in [0.3, 0.4) is 0 Å². The van der Waals surface area contributed by atoms with Gasteiger partial charge in [-0.05, 0) is 92.4 Å². The number of benzene rings is 1. The molecule has 1 heterocycles. The monoisotopic (exact) mass is 340 g/mol. The van der Waals surface area contributed by atoms with Gasteiger partial charge in [-0.1, -0.05) is 13.0 Å². The predicted molar refractivity (Wildman–Crippen MR) is 95.4 cm³/mol. The van der Waals surface area contributed by atoms with E-state index in [1.165, 1.54) is 30.4 Å². The lowest BCUT2D eigenvalue weighted by molar-refractivity contribution is -0.190. The summed E-state index contributed by atoms with van der Waals surface area (Å²) in [4.78, 5) is 12.1. The maximum absolute atomic E-state index is 12.1. The van der Waals surface area contributed by atoms with Gasteiger partial charge in [-0.15, -0.1) is 0 Å². The Bertz CT molecular complexity index is 726. The number of hydrogen-bond donors (Lipinski definition) is 1. The number of ether oxygens (including phenoxy) is 1. The molecule has 5 rings (SSSR count). The van der Waals surface area contributed by atoms with Gasteiger partial charge >= 0.3 is 5.97 Å². The SMILES string of the molecule is CC12CCC3c4ccc(O)cc4CCC3C1CCC21CCCC(=O)O1. The van der Waals surface area contributed by atoms with Gasteiger partial charge in [0, 0.05) is 11.8 Å². The fourth-order valence-corrected chi connectivity index (χ4v) is 7.08. The Morgan fingerprint density at radius 1 is 1.12 bits per heavy atom. The zero-order valence-electron chi connectivity index (χ0n) is 15.1. The summed E-state index contributed by atoms with van der Waals surface area (Å²) in [5.41, 5.74) is 2.78. The third-order valence-electron chi connectivity index (χ3n) is 8.27. The molecule has 5 unspecified atom stereocenters. The second kappa shape index (κ2) is 5.25. The first-order valence-corrected chi connectivity index (χ1v) is 10.1. The van der Waals surface area contributed by atoms with Crippen molar-refractivity contribution < 1.29 is 14.6 Å². The lowest BCUT2D eigenvalue weighted by Crippen LogP contribution is -2.54. The van der Waals surface area contributed by atoms with Crippen molar-refractivity contribution in [3.63, 3.8) is 0 Å². The number of rotatable bonds is 0. The van der Waals surface area contributed by atoms with Crippen molar-refractivity contribution >= 4 is 5.97 Å². The van der Waals surface area contributed by atoms with Gasteiger partial charge in [0.1, 0.15) is 11.4 Å². The molecule has 3 nitrogen and oxygen atoms in total. The molecule has 0 radical (unpaired) electrons. The van der Waals surface area contributed by atoms with Gasteiger partial charge in [-0.25, -0.2) is 0 Å². The number of carbonyl (C=O) groups is 1. The average Bonchev–Trinajstić information content (AvgIpc) is 2.86. The summed E-state index contributed by atoms with van der Waals surface area (Å²) < 4.78 is 6.10. The largest absolute Gasteiger partial charge is 0.508 e. The van der Waals surface area contributed by atoms with Crippen molar-refractivity contribution in [2.75, 3.05) is 0 Å². The summed E-state index contributed by atoms with van der Waals surface area (Å²) in [7, 11) is 0. The first kappa shape index (κ1) is 15.7. The summed E-state index contributed by atoms with van der Waals surface area (Å²) in [6.45, 7) is 2.42. The maximum Gasteiger partial charge on any atom is 0.306 e. The van der Waals surface area contributed by atoms with E-state index in [2.05, 4.69) is 13.0 Å². The molecule has 1 aliphatic heterocycles. The molecular formula is C22H28O3. The lowest BCUT2D eigenvalue weighted by Gasteiger charge is -2.55. The minimum atomic E-state index is -0.187. The van der Waals surface area contributed by atoms with Crippen LogP contribution in [0.1, 0.15) is 75.3 Å².